The molecular formula is C28H22F4N4O4. The molecule has 0 atom stereocenters. The van der Waals surface area contributed by atoms with Gasteiger partial charge >= 0.3 is 6.18 Å². The standard InChI is InChI=1S/C28H22F4N4O4/c1-27(2,13-33)36-23(37)17-6-4-5-16(11-17)19-12-20-21(24(38)34-3)22(15-7-9-18(29)10-8-15)40-26(20)35-25(19)39-14-28(30,31)32/h4-12H,14H2,1-3H3,(H,34,38)(H,36,37). The second-order valence-corrected chi connectivity index (χ2v) is 9.26. The summed E-state index contributed by atoms with van der Waals surface area (Å²) in [7, 11) is 1.38. The average Bonchev–Trinajstić information content (AvgIpc) is 3.29. The molecule has 206 valence electrons. The fourth-order valence-corrected chi connectivity index (χ4v) is 3.84. The molecule has 12 heteroatoms. The summed E-state index contributed by atoms with van der Waals surface area (Å²) < 4.78 is 63.6. The number of benzene rings is 2. The molecule has 2 aromatic heterocycles. The Morgan fingerprint density at radius 1 is 1.05 bits per heavy atom. The molecule has 0 bridgehead atoms. The Balaban J connectivity index is 1.92. The van der Waals surface area contributed by atoms with E-state index in [1.54, 1.807) is 0 Å². The van der Waals surface area contributed by atoms with Gasteiger partial charge in [-0.05, 0) is 61.9 Å². The Morgan fingerprint density at radius 3 is 2.38 bits per heavy atom. The number of aromatic nitrogens is 1. The number of halogens is 4. The van der Waals surface area contributed by atoms with Gasteiger partial charge in [-0.25, -0.2) is 4.39 Å². The highest BCUT2D eigenvalue weighted by molar-refractivity contribution is 6.11. The van der Waals surface area contributed by atoms with E-state index in [0.717, 1.165) is 12.1 Å². The van der Waals surface area contributed by atoms with Gasteiger partial charge in [0.2, 0.25) is 11.6 Å². The van der Waals surface area contributed by atoms with Crippen molar-refractivity contribution in [1.82, 2.24) is 15.6 Å². The zero-order valence-electron chi connectivity index (χ0n) is 21.4. The van der Waals surface area contributed by atoms with Crippen LogP contribution in [0.1, 0.15) is 34.6 Å². The lowest BCUT2D eigenvalue weighted by Gasteiger charge is -2.18. The van der Waals surface area contributed by atoms with Crippen LogP contribution in [-0.4, -0.2) is 42.2 Å². The molecule has 8 nitrogen and oxygen atoms in total. The Hall–Kier alpha value is -4.92. The lowest BCUT2D eigenvalue weighted by Crippen LogP contribution is -2.42. The van der Waals surface area contributed by atoms with E-state index in [0.29, 0.717) is 5.56 Å². The number of pyridine rings is 1. The quantitative estimate of drug-likeness (QED) is 0.286. The summed E-state index contributed by atoms with van der Waals surface area (Å²) in [6, 6.07) is 14.3. The van der Waals surface area contributed by atoms with Crippen molar-refractivity contribution in [3.8, 4) is 34.4 Å². The molecule has 2 amide bonds. The second-order valence-electron chi connectivity index (χ2n) is 9.26. The van der Waals surface area contributed by atoms with Gasteiger partial charge in [0.15, 0.2) is 6.61 Å². The molecule has 0 fully saturated rings. The van der Waals surface area contributed by atoms with Gasteiger partial charge in [0, 0.05) is 23.7 Å². The topological polar surface area (TPSA) is 117 Å². The van der Waals surface area contributed by atoms with E-state index < -0.39 is 41.8 Å². The lowest BCUT2D eigenvalue weighted by atomic mass is 10.00. The summed E-state index contributed by atoms with van der Waals surface area (Å²) in [5.41, 5.74) is -0.605. The van der Waals surface area contributed by atoms with Crippen molar-refractivity contribution in [1.29, 1.82) is 5.26 Å². The number of ether oxygens (including phenoxy) is 1. The molecule has 40 heavy (non-hydrogen) atoms. The van der Waals surface area contributed by atoms with Crippen molar-refractivity contribution in [2.75, 3.05) is 13.7 Å². The predicted molar refractivity (Wildman–Crippen MR) is 137 cm³/mol. The largest absolute Gasteiger partial charge is 0.467 e. The molecule has 2 N–H and O–H groups in total. The summed E-state index contributed by atoms with van der Waals surface area (Å²) in [6.07, 6.45) is -4.69. The first-order valence-corrected chi connectivity index (χ1v) is 11.8. The summed E-state index contributed by atoms with van der Waals surface area (Å²) in [4.78, 5) is 29.8. The number of fused-ring (bicyclic) bond motifs is 1. The molecule has 0 saturated heterocycles. The van der Waals surface area contributed by atoms with Gasteiger partial charge in [-0.15, -0.1) is 0 Å². The second kappa shape index (κ2) is 10.7. The normalized spacial score (nSPS) is 11.7. The number of amides is 2. The number of nitriles is 1. The Kier molecular flexibility index (Phi) is 7.51. The maximum absolute atomic E-state index is 13.5. The van der Waals surface area contributed by atoms with Crippen LogP contribution >= 0.6 is 0 Å². The first-order chi connectivity index (χ1) is 18.8. The van der Waals surface area contributed by atoms with Gasteiger partial charge in [0.1, 0.15) is 17.1 Å². The smallest absolute Gasteiger partial charge is 0.422 e. The molecule has 2 aromatic carbocycles. The molecule has 4 rings (SSSR count). The number of carbonyl (C=O) groups is 2. The Morgan fingerprint density at radius 2 is 1.75 bits per heavy atom. The van der Waals surface area contributed by atoms with Crippen molar-refractivity contribution in [2.24, 2.45) is 0 Å². The van der Waals surface area contributed by atoms with Crippen LogP contribution in [0.25, 0.3) is 33.6 Å². The van der Waals surface area contributed by atoms with Crippen LogP contribution in [0, 0.1) is 17.1 Å². The van der Waals surface area contributed by atoms with Crippen LogP contribution < -0.4 is 15.4 Å². The van der Waals surface area contributed by atoms with Crippen LogP contribution in [0.4, 0.5) is 17.6 Å². The molecule has 0 aliphatic rings. The van der Waals surface area contributed by atoms with E-state index in [-0.39, 0.29) is 39.1 Å². The third-order valence-corrected chi connectivity index (χ3v) is 5.72. The number of carbonyl (C=O) groups excluding carboxylic acids is 2. The predicted octanol–water partition coefficient (Wildman–Crippen LogP) is 5.63. The molecule has 0 aliphatic carbocycles. The molecule has 0 radical (unpaired) electrons. The molecule has 0 unspecified atom stereocenters. The van der Waals surface area contributed by atoms with Gasteiger partial charge in [-0.2, -0.15) is 23.4 Å². The fraction of sp³-hybridized carbons (Fsp3) is 0.214. The van der Waals surface area contributed by atoms with Crippen molar-refractivity contribution in [2.45, 2.75) is 25.6 Å². The average molecular weight is 555 g/mol. The zero-order chi connectivity index (χ0) is 29.2. The number of nitrogens with one attached hydrogen (secondary N) is 2. The van der Waals surface area contributed by atoms with Crippen LogP contribution in [-0.2, 0) is 0 Å². The van der Waals surface area contributed by atoms with Crippen molar-refractivity contribution >= 4 is 22.9 Å². The monoisotopic (exact) mass is 554 g/mol. The fourth-order valence-electron chi connectivity index (χ4n) is 3.84. The number of rotatable bonds is 7. The van der Waals surface area contributed by atoms with Gasteiger partial charge in [0.25, 0.3) is 11.8 Å². The lowest BCUT2D eigenvalue weighted by molar-refractivity contribution is -0.154. The van der Waals surface area contributed by atoms with Crippen LogP contribution in [0.5, 0.6) is 5.88 Å². The number of nitrogens with zero attached hydrogens (tertiary/aromatic N) is 2. The van der Waals surface area contributed by atoms with Gasteiger partial charge in [-0.3, -0.25) is 9.59 Å². The van der Waals surface area contributed by atoms with Crippen molar-refractivity contribution < 1.29 is 36.3 Å². The summed E-state index contributed by atoms with van der Waals surface area (Å²) in [6.45, 7) is 1.35. The third-order valence-electron chi connectivity index (χ3n) is 5.72. The summed E-state index contributed by atoms with van der Waals surface area (Å²) in [5, 5.41) is 14.4. The van der Waals surface area contributed by atoms with E-state index in [4.69, 9.17) is 9.15 Å². The van der Waals surface area contributed by atoms with Crippen LogP contribution in [0.3, 0.4) is 0 Å². The van der Waals surface area contributed by atoms with E-state index in [9.17, 15) is 32.4 Å². The van der Waals surface area contributed by atoms with E-state index in [1.165, 1.54) is 63.4 Å². The van der Waals surface area contributed by atoms with E-state index in [1.807, 2.05) is 6.07 Å². The molecular weight excluding hydrogens is 532 g/mol. The van der Waals surface area contributed by atoms with Gasteiger partial charge in [-0.1, -0.05) is 12.1 Å². The van der Waals surface area contributed by atoms with Gasteiger partial charge < -0.3 is 19.8 Å². The number of furan rings is 1. The summed E-state index contributed by atoms with van der Waals surface area (Å²) >= 11 is 0. The minimum atomic E-state index is -4.69. The molecule has 0 saturated carbocycles. The first kappa shape index (κ1) is 28.1. The molecule has 0 spiro atoms. The number of alkyl halides is 3. The number of hydrogen-bond acceptors (Lipinski definition) is 6. The highest BCUT2D eigenvalue weighted by atomic mass is 19.4. The molecule has 2 heterocycles. The SMILES string of the molecule is CNC(=O)c1c(-c2ccc(F)cc2)oc2nc(OCC(F)(F)F)c(-c3cccc(C(=O)NC(C)(C)C#N)c3)cc12. The molecule has 4 aromatic rings. The van der Waals surface area contributed by atoms with E-state index in [2.05, 4.69) is 15.6 Å². The number of hydrogen-bond donors (Lipinski definition) is 2. The highest BCUT2D eigenvalue weighted by Crippen LogP contribution is 2.39. The molecule has 0 aliphatic heterocycles. The van der Waals surface area contributed by atoms with Crippen LogP contribution in [0.2, 0.25) is 0 Å². The minimum absolute atomic E-state index is 0.0184. The van der Waals surface area contributed by atoms with Crippen molar-refractivity contribution in [3.63, 3.8) is 0 Å². The first-order valence-electron chi connectivity index (χ1n) is 11.8. The minimum Gasteiger partial charge on any atom is -0.467 e. The Bertz CT molecular complexity index is 1640. The van der Waals surface area contributed by atoms with Crippen molar-refractivity contribution in [3.05, 3.63) is 71.5 Å². The van der Waals surface area contributed by atoms with Gasteiger partial charge in [0.05, 0.1) is 17.0 Å². The van der Waals surface area contributed by atoms with Crippen LogP contribution in [0.15, 0.2) is 59.0 Å². The Labute approximate surface area is 225 Å². The third kappa shape index (κ3) is 6.04. The maximum Gasteiger partial charge on any atom is 0.422 e. The zero-order valence-corrected chi connectivity index (χ0v) is 21.4. The maximum atomic E-state index is 13.5. The highest BCUT2D eigenvalue weighted by Gasteiger charge is 2.31. The summed E-state index contributed by atoms with van der Waals surface area (Å²) in [5.74, 6) is -2.13. The van der Waals surface area contributed by atoms with E-state index >= 15 is 0 Å².